The van der Waals surface area contributed by atoms with Crippen LogP contribution in [0.2, 0.25) is 0 Å². The van der Waals surface area contributed by atoms with E-state index in [4.69, 9.17) is 0 Å². The number of amides is 2. The highest BCUT2D eigenvalue weighted by atomic mass is 16.2. The molecule has 2 heterocycles. The van der Waals surface area contributed by atoms with Crippen LogP contribution in [-0.2, 0) is 20.4 Å². The fraction of sp³-hybridized carbons (Fsp3) is 0.652. The molecule has 4 nitrogen and oxygen atoms in total. The summed E-state index contributed by atoms with van der Waals surface area (Å²) in [5, 5.41) is 3.10. The van der Waals surface area contributed by atoms with E-state index in [2.05, 4.69) is 55.3 Å². The smallest absolute Gasteiger partial charge is 0.225 e. The van der Waals surface area contributed by atoms with E-state index < -0.39 is 0 Å². The molecule has 0 aromatic heterocycles. The largest absolute Gasteiger partial charge is 0.351 e. The minimum Gasteiger partial charge on any atom is -0.351 e. The van der Waals surface area contributed by atoms with Crippen molar-refractivity contribution in [3.63, 3.8) is 0 Å². The van der Waals surface area contributed by atoms with Gasteiger partial charge in [-0.25, -0.2) is 0 Å². The number of benzene rings is 1. The third kappa shape index (κ3) is 2.63. The van der Waals surface area contributed by atoms with Gasteiger partial charge in [-0.2, -0.15) is 0 Å². The van der Waals surface area contributed by atoms with Gasteiger partial charge in [0.2, 0.25) is 11.8 Å². The summed E-state index contributed by atoms with van der Waals surface area (Å²) in [6.45, 7) is 8.52. The van der Waals surface area contributed by atoms with Crippen molar-refractivity contribution < 1.29 is 9.59 Å². The molecule has 2 aliphatic carbocycles. The van der Waals surface area contributed by atoms with E-state index in [0.29, 0.717) is 18.2 Å². The topological polar surface area (TPSA) is 49.4 Å². The van der Waals surface area contributed by atoms with Gasteiger partial charge in [-0.3, -0.25) is 9.59 Å². The minimum absolute atomic E-state index is 0.0550. The second-order valence-corrected chi connectivity index (χ2v) is 10.5. The van der Waals surface area contributed by atoms with Gasteiger partial charge in [0, 0.05) is 36.4 Å². The lowest BCUT2D eigenvalue weighted by molar-refractivity contribution is -0.141. The average molecular weight is 367 g/mol. The Morgan fingerprint density at radius 3 is 2.44 bits per heavy atom. The number of rotatable bonds is 2. The first-order valence-electron chi connectivity index (χ1n) is 10.4. The Labute approximate surface area is 161 Å². The zero-order valence-corrected chi connectivity index (χ0v) is 16.7. The van der Waals surface area contributed by atoms with E-state index >= 15 is 0 Å². The molecule has 2 atom stereocenters. The molecule has 2 saturated heterocycles. The number of hydrogen-bond acceptors (Lipinski definition) is 2. The van der Waals surface area contributed by atoms with Crippen molar-refractivity contribution in [1.82, 2.24) is 10.2 Å². The van der Waals surface area contributed by atoms with Crippen LogP contribution in [0.1, 0.15) is 64.0 Å². The molecule has 27 heavy (non-hydrogen) atoms. The first kappa shape index (κ1) is 17.3. The predicted octanol–water partition coefficient (Wildman–Crippen LogP) is 3.14. The van der Waals surface area contributed by atoms with E-state index in [-0.39, 0.29) is 28.2 Å². The highest BCUT2D eigenvalue weighted by molar-refractivity contribution is 5.84. The molecular formula is C23H30N2O2. The second kappa shape index (κ2) is 5.36. The van der Waals surface area contributed by atoms with E-state index in [1.807, 2.05) is 0 Å². The minimum atomic E-state index is -0.0550. The molecule has 144 valence electrons. The summed E-state index contributed by atoms with van der Waals surface area (Å²) in [5.41, 5.74) is 3.09. The lowest BCUT2D eigenvalue weighted by atomic mass is 9.67. The highest BCUT2D eigenvalue weighted by Gasteiger charge is 2.63. The Bertz CT molecular complexity index is 801. The number of fused-ring (bicyclic) bond motifs is 1. The molecule has 4 heteroatoms. The van der Waals surface area contributed by atoms with Crippen molar-refractivity contribution in [3.8, 4) is 0 Å². The van der Waals surface area contributed by atoms with Gasteiger partial charge in [-0.15, -0.1) is 0 Å². The normalized spacial score (nSPS) is 37.1. The lowest BCUT2D eigenvalue weighted by Crippen LogP contribution is -2.56. The van der Waals surface area contributed by atoms with Crippen molar-refractivity contribution in [2.45, 2.75) is 69.2 Å². The van der Waals surface area contributed by atoms with Gasteiger partial charge in [0.15, 0.2) is 0 Å². The molecule has 5 rings (SSSR count). The molecule has 2 amide bonds. The van der Waals surface area contributed by atoms with Crippen LogP contribution in [0.25, 0.3) is 0 Å². The fourth-order valence-electron chi connectivity index (χ4n) is 5.80. The third-order valence-corrected chi connectivity index (χ3v) is 7.64. The Hall–Kier alpha value is -1.84. The van der Waals surface area contributed by atoms with Gasteiger partial charge < -0.3 is 10.2 Å². The maximum atomic E-state index is 13.0. The number of likely N-dealkylation sites (tertiary alicyclic amines) is 1. The van der Waals surface area contributed by atoms with Crippen LogP contribution in [0, 0.1) is 11.8 Å². The summed E-state index contributed by atoms with van der Waals surface area (Å²) in [7, 11) is 0. The molecule has 0 radical (unpaired) electrons. The maximum absolute atomic E-state index is 13.0. The first-order valence-corrected chi connectivity index (χ1v) is 10.4. The number of carbonyl (C=O) groups excluding carboxylic acids is 2. The zero-order valence-electron chi connectivity index (χ0n) is 16.7. The second-order valence-electron chi connectivity index (χ2n) is 10.5. The van der Waals surface area contributed by atoms with Gasteiger partial charge in [0.25, 0.3) is 0 Å². The molecule has 1 spiro atoms. The standard InChI is InChI=1S/C23H30N2O2/c1-21(2,3)16-4-6-17(7-5-16)23-12-18(23)13-25(14-23)20(27)15-10-22(11-15)9-8-19(26)24-22/h4-7,15,18H,8-14H2,1-3H3,(H,24,26)/t15-,18-,22+,23+/m1/s1. The Balaban J connectivity index is 1.24. The quantitative estimate of drug-likeness (QED) is 0.874. The number of nitrogens with zero attached hydrogens (tertiary/aromatic N) is 1. The molecule has 4 fully saturated rings. The van der Waals surface area contributed by atoms with Gasteiger partial charge in [-0.1, -0.05) is 45.0 Å². The monoisotopic (exact) mass is 366 g/mol. The van der Waals surface area contributed by atoms with Gasteiger partial charge >= 0.3 is 0 Å². The summed E-state index contributed by atoms with van der Waals surface area (Å²) >= 11 is 0. The summed E-state index contributed by atoms with van der Waals surface area (Å²) in [4.78, 5) is 26.6. The number of piperidine rings is 1. The van der Waals surface area contributed by atoms with Crippen molar-refractivity contribution in [1.29, 1.82) is 0 Å². The van der Waals surface area contributed by atoms with E-state index in [0.717, 1.165) is 32.4 Å². The Morgan fingerprint density at radius 2 is 1.85 bits per heavy atom. The third-order valence-electron chi connectivity index (χ3n) is 7.64. The molecule has 0 bridgehead atoms. The van der Waals surface area contributed by atoms with E-state index in [9.17, 15) is 9.59 Å². The summed E-state index contributed by atoms with van der Waals surface area (Å²) < 4.78 is 0. The van der Waals surface area contributed by atoms with Crippen LogP contribution in [0.4, 0.5) is 0 Å². The van der Waals surface area contributed by atoms with Crippen LogP contribution < -0.4 is 5.32 Å². The van der Waals surface area contributed by atoms with Crippen LogP contribution in [0.5, 0.6) is 0 Å². The van der Waals surface area contributed by atoms with Crippen LogP contribution >= 0.6 is 0 Å². The van der Waals surface area contributed by atoms with Crippen LogP contribution in [-0.4, -0.2) is 35.3 Å². The molecular weight excluding hydrogens is 336 g/mol. The van der Waals surface area contributed by atoms with Crippen LogP contribution in [0.15, 0.2) is 24.3 Å². The summed E-state index contributed by atoms with van der Waals surface area (Å²) in [5.74, 6) is 1.21. The number of hydrogen-bond donors (Lipinski definition) is 1. The SMILES string of the molecule is CC(C)(C)c1ccc([C@@]23C[C@@H]2CN(C(=O)[C@H]2C[C@]4(CCC(=O)N4)C2)C3)cc1. The van der Waals surface area contributed by atoms with Crippen molar-refractivity contribution in [2.24, 2.45) is 11.8 Å². The molecule has 1 N–H and O–H groups in total. The van der Waals surface area contributed by atoms with Gasteiger partial charge in [0.1, 0.15) is 0 Å². The van der Waals surface area contributed by atoms with Crippen molar-refractivity contribution in [3.05, 3.63) is 35.4 Å². The summed E-state index contributed by atoms with van der Waals surface area (Å²) in [6, 6.07) is 9.12. The average Bonchev–Trinajstić information content (AvgIpc) is 2.96. The predicted molar refractivity (Wildman–Crippen MR) is 104 cm³/mol. The number of carbonyl (C=O) groups is 2. The highest BCUT2D eigenvalue weighted by Crippen LogP contribution is 2.59. The zero-order chi connectivity index (χ0) is 19.0. The van der Waals surface area contributed by atoms with Crippen molar-refractivity contribution >= 4 is 11.8 Å². The fourth-order valence-corrected chi connectivity index (χ4v) is 5.80. The van der Waals surface area contributed by atoms with Crippen LogP contribution in [0.3, 0.4) is 0 Å². The summed E-state index contributed by atoms with van der Waals surface area (Å²) in [6.07, 6.45) is 4.43. The Morgan fingerprint density at radius 1 is 1.15 bits per heavy atom. The lowest BCUT2D eigenvalue weighted by Gasteiger charge is -2.45. The molecule has 1 aromatic rings. The van der Waals surface area contributed by atoms with Crippen molar-refractivity contribution in [2.75, 3.05) is 13.1 Å². The Kier molecular flexibility index (Phi) is 3.43. The van der Waals surface area contributed by atoms with E-state index in [1.54, 1.807) is 0 Å². The first-order chi connectivity index (χ1) is 12.7. The van der Waals surface area contributed by atoms with E-state index in [1.165, 1.54) is 17.5 Å². The molecule has 1 aromatic carbocycles. The molecule has 4 aliphatic rings. The number of nitrogens with one attached hydrogen (secondary N) is 1. The maximum Gasteiger partial charge on any atom is 0.225 e. The van der Waals surface area contributed by atoms with Gasteiger partial charge in [0.05, 0.1) is 0 Å². The molecule has 0 unspecified atom stereocenters. The van der Waals surface area contributed by atoms with Gasteiger partial charge in [-0.05, 0) is 48.1 Å². The molecule has 2 aliphatic heterocycles. The molecule has 2 saturated carbocycles.